The fourth-order valence-electron chi connectivity index (χ4n) is 4.46. The molecule has 4 rings (SSSR count). The summed E-state index contributed by atoms with van der Waals surface area (Å²) >= 11 is 0. The van der Waals surface area contributed by atoms with Crippen molar-refractivity contribution in [2.45, 2.75) is 51.5 Å². The summed E-state index contributed by atoms with van der Waals surface area (Å²) in [7, 11) is 0. The number of benzene rings is 1. The summed E-state index contributed by atoms with van der Waals surface area (Å²) in [5, 5.41) is 6.76. The van der Waals surface area contributed by atoms with Crippen molar-refractivity contribution in [1.82, 2.24) is 25.5 Å². The number of nitrogens with zero attached hydrogens (tertiary/aromatic N) is 2. The van der Waals surface area contributed by atoms with Crippen molar-refractivity contribution in [1.29, 1.82) is 0 Å². The van der Waals surface area contributed by atoms with E-state index >= 15 is 0 Å². The van der Waals surface area contributed by atoms with Gasteiger partial charge >= 0.3 is 6.03 Å². The van der Waals surface area contributed by atoms with E-state index in [1.807, 2.05) is 23.1 Å². The summed E-state index contributed by atoms with van der Waals surface area (Å²) in [6.07, 6.45) is 3.96. The zero-order valence-electron chi connectivity index (χ0n) is 16.4. The number of hydrogen-bond donors (Lipinski definition) is 3. The normalized spacial score (nSPS) is 23.9. The van der Waals surface area contributed by atoms with Gasteiger partial charge in [-0.05, 0) is 49.8 Å². The molecule has 0 aliphatic carbocycles. The number of H-pyrrole nitrogens is 1. The van der Waals surface area contributed by atoms with Crippen molar-refractivity contribution in [2.24, 2.45) is 5.41 Å². The van der Waals surface area contributed by atoms with E-state index < -0.39 is 0 Å². The van der Waals surface area contributed by atoms with Crippen molar-refractivity contribution in [3.63, 3.8) is 0 Å². The molecule has 0 radical (unpaired) electrons. The zero-order valence-corrected chi connectivity index (χ0v) is 16.4. The highest BCUT2D eigenvalue weighted by Gasteiger charge is 2.30. The van der Waals surface area contributed by atoms with E-state index in [1.54, 1.807) is 0 Å². The maximum atomic E-state index is 12.7. The maximum absolute atomic E-state index is 12.7. The van der Waals surface area contributed by atoms with Gasteiger partial charge in [-0.15, -0.1) is 0 Å². The Morgan fingerprint density at radius 2 is 2.00 bits per heavy atom. The van der Waals surface area contributed by atoms with E-state index in [0.29, 0.717) is 5.92 Å². The molecule has 3 N–H and O–H groups in total. The lowest BCUT2D eigenvalue weighted by Gasteiger charge is -2.33. The first kappa shape index (κ1) is 18.3. The van der Waals surface area contributed by atoms with Crippen LogP contribution < -0.4 is 10.6 Å². The summed E-state index contributed by atoms with van der Waals surface area (Å²) in [5.41, 5.74) is 2.34. The van der Waals surface area contributed by atoms with Gasteiger partial charge in [0.15, 0.2) is 0 Å². The first-order valence-corrected chi connectivity index (χ1v) is 10.2. The van der Waals surface area contributed by atoms with E-state index in [0.717, 1.165) is 68.7 Å². The van der Waals surface area contributed by atoms with Crippen LogP contribution in [0.5, 0.6) is 0 Å². The van der Waals surface area contributed by atoms with Crippen molar-refractivity contribution in [3.05, 3.63) is 30.1 Å². The Morgan fingerprint density at radius 3 is 2.78 bits per heavy atom. The van der Waals surface area contributed by atoms with Gasteiger partial charge in [-0.3, -0.25) is 0 Å². The van der Waals surface area contributed by atoms with E-state index in [2.05, 4.69) is 35.5 Å². The Labute approximate surface area is 161 Å². The lowest BCUT2D eigenvalue weighted by Crippen LogP contribution is -2.48. The number of hydrogen-bond acceptors (Lipinski definition) is 3. The van der Waals surface area contributed by atoms with E-state index in [9.17, 15) is 4.79 Å². The zero-order chi connectivity index (χ0) is 18.9. The minimum absolute atomic E-state index is 0.0979. The molecule has 1 atom stereocenters. The van der Waals surface area contributed by atoms with E-state index in [1.165, 1.54) is 0 Å². The van der Waals surface area contributed by atoms with Crippen LogP contribution in [0.4, 0.5) is 4.79 Å². The van der Waals surface area contributed by atoms with Gasteiger partial charge in [0.05, 0.1) is 11.0 Å². The standard InChI is InChI=1S/C21H31N5O/c1-21(2)13-16(7-10-22-14-21)23-20(27)26-11-8-15(9-12-26)19-24-17-5-3-4-6-18(17)25-19/h3-6,15-16,22H,7-14H2,1-2H3,(H,23,27)(H,24,25). The SMILES string of the molecule is CC1(C)CNCCC(NC(=O)N2CCC(c3nc4ccccc4[nH]3)CC2)C1. The molecule has 2 fully saturated rings. The molecular formula is C21H31N5O. The molecule has 2 amide bonds. The summed E-state index contributed by atoms with van der Waals surface area (Å²) in [5.74, 6) is 1.47. The number of aromatic nitrogens is 2. The number of nitrogens with one attached hydrogen (secondary N) is 3. The third kappa shape index (κ3) is 4.26. The molecule has 2 aliphatic heterocycles. The fraction of sp³-hybridized carbons (Fsp3) is 0.619. The smallest absolute Gasteiger partial charge is 0.317 e. The Hall–Kier alpha value is -2.08. The molecule has 0 bridgehead atoms. The van der Waals surface area contributed by atoms with Gasteiger partial charge in [-0.1, -0.05) is 26.0 Å². The molecule has 146 valence electrons. The van der Waals surface area contributed by atoms with Crippen LogP contribution in [0, 0.1) is 5.41 Å². The van der Waals surface area contributed by atoms with Crippen molar-refractivity contribution in [3.8, 4) is 0 Å². The Balaban J connectivity index is 1.32. The molecule has 6 heteroatoms. The third-order valence-corrected chi connectivity index (χ3v) is 5.98. The second kappa shape index (κ2) is 7.50. The van der Waals surface area contributed by atoms with Crippen LogP contribution in [0.25, 0.3) is 11.0 Å². The van der Waals surface area contributed by atoms with E-state index in [-0.39, 0.29) is 17.5 Å². The Morgan fingerprint density at radius 1 is 1.22 bits per heavy atom. The number of fused-ring (bicyclic) bond motifs is 1. The predicted octanol–water partition coefficient (Wildman–Crippen LogP) is 3.23. The third-order valence-electron chi connectivity index (χ3n) is 5.98. The molecular weight excluding hydrogens is 338 g/mol. The van der Waals surface area contributed by atoms with Crippen molar-refractivity contribution in [2.75, 3.05) is 26.2 Å². The predicted molar refractivity (Wildman–Crippen MR) is 108 cm³/mol. The average Bonchev–Trinajstić information content (AvgIpc) is 3.01. The van der Waals surface area contributed by atoms with Gasteiger partial charge in [-0.25, -0.2) is 9.78 Å². The van der Waals surface area contributed by atoms with Crippen LogP contribution in [-0.4, -0.2) is 53.1 Å². The second-order valence-corrected chi connectivity index (χ2v) is 8.88. The van der Waals surface area contributed by atoms with Gasteiger partial charge in [-0.2, -0.15) is 0 Å². The monoisotopic (exact) mass is 369 g/mol. The minimum Gasteiger partial charge on any atom is -0.342 e. The average molecular weight is 370 g/mol. The van der Waals surface area contributed by atoms with Crippen molar-refractivity contribution < 1.29 is 4.79 Å². The topological polar surface area (TPSA) is 73.0 Å². The quantitative estimate of drug-likeness (QED) is 0.761. The largest absolute Gasteiger partial charge is 0.342 e. The summed E-state index contributed by atoms with van der Waals surface area (Å²) in [4.78, 5) is 22.9. The van der Waals surface area contributed by atoms with Crippen LogP contribution in [0.15, 0.2) is 24.3 Å². The molecule has 2 aromatic rings. The lowest BCUT2D eigenvalue weighted by atomic mass is 9.86. The number of imidazole rings is 1. The highest BCUT2D eigenvalue weighted by atomic mass is 16.2. The molecule has 0 spiro atoms. The minimum atomic E-state index is 0.0979. The number of carbonyl (C=O) groups excluding carboxylic acids is 1. The highest BCUT2D eigenvalue weighted by molar-refractivity contribution is 5.75. The molecule has 27 heavy (non-hydrogen) atoms. The summed E-state index contributed by atoms with van der Waals surface area (Å²) in [6, 6.07) is 8.51. The van der Waals surface area contributed by atoms with Gasteiger partial charge in [0, 0.05) is 31.6 Å². The molecule has 1 aromatic heterocycles. The van der Waals surface area contributed by atoms with E-state index in [4.69, 9.17) is 4.98 Å². The summed E-state index contributed by atoms with van der Waals surface area (Å²) in [6.45, 7) is 8.11. The van der Waals surface area contributed by atoms with Crippen LogP contribution in [0.2, 0.25) is 0 Å². The number of aromatic amines is 1. The molecule has 6 nitrogen and oxygen atoms in total. The number of likely N-dealkylation sites (tertiary alicyclic amines) is 1. The molecule has 1 unspecified atom stereocenters. The number of urea groups is 1. The number of para-hydroxylation sites is 2. The van der Waals surface area contributed by atoms with Gasteiger partial charge in [0.25, 0.3) is 0 Å². The Kier molecular flexibility index (Phi) is 5.08. The van der Waals surface area contributed by atoms with Crippen molar-refractivity contribution >= 4 is 17.1 Å². The van der Waals surface area contributed by atoms with Gasteiger partial charge in [0.2, 0.25) is 0 Å². The number of piperidine rings is 1. The number of amides is 2. The van der Waals surface area contributed by atoms with Crippen LogP contribution >= 0.6 is 0 Å². The molecule has 1 aromatic carbocycles. The molecule has 3 heterocycles. The van der Waals surface area contributed by atoms with Crippen LogP contribution in [-0.2, 0) is 0 Å². The summed E-state index contributed by atoms with van der Waals surface area (Å²) < 4.78 is 0. The first-order valence-electron chi connectivity index (χ1n) is 10.2. The number of carbonyl (C=O) groups is 1. The molecule has 0 saturated carbocycles. The first-order chi connectivity index (χ1) is 13.0. The van der Waals surface area contributed by atoms with Gasteiger partial charge in [0.1, 0.15) is 5.82 Å². The van der Waals surface area contributed by atoms with Crippen LogP contribution in [0.3, 0.4) is 0 Å². The molecule has 2 aliphatic rings. The highest BCUT2D eigenvalue weighted by Crippen LogP contribution is 2.28. The Bertz CT molecular complexity index is 758. The number of rotatable bonds is 2. The van der Waals surface area contributed by atoms with Gasteiger partial charge < -0.3 is 20.5 Å². The fourth-order valence-corrected chi connectivity index (χ4v) is 4.46. The lowest BCUT2D eigenvalue weighted by molar-refractivity contribution is 0.173. The van der Waals surface area contributed by atoms with Crippen LogP contribution in [0.1, 0.15) is 51.3 Å². The molecule has 2 saturated heterocycles. The second-order valence-electron chi connectivity index (χ2n) is 8.88. The maximum Gasteiger partial charge on any atom is 0.317 e.